The van der Waals surface area contributed by atoms with Crippen molar-refractivity contribution in [2.75, 3.05) is 0 Å². The number of hydrogen-bond donors (Lipinski definition) is 0. The number of rotatable bonds is 6. The van der Waals surface area contributed by atoms with Gasteiger partial charge < -0.3 is 0 Å². The Balaban J connectivity index is 2.19. The predicted molar refractivity (Wildman–Crippen MR) is 115 cm³/mol. The summed E-state index contributed by atoms with van der Waals surface area (Å²) in [6.07, 6.45) is 0. The Bertz CT molecular complexity index is 849. The van der Waals surface area contributed by atoms with Crippen molar-refractivity contribution < 1.29 is 0 Å². The van der Waals surface area contributed by atoms with E-state index in [2.05, 4.69) is 99.3 Å². The van der Waals surface area contributed by atoms with Gasteiger partial charge in [0.05, 0.1) is 8.07 Å². The van der Waals surface area contributed by atoms with E-state index >= 15 is 0 Å². The van der Waals surface area contributed by atoms with Crippen LogP contribution in [0.5, 0.6) is 0 Å². The molecule has 3 aromatic carbocycles. The molecule has 3 aromatic rings. The van der Waals surface area contributed by atoms with Crippen LogP contribution in [0, 0.1) is 0 Å². The molecule has 0 nitrogen and oxygen atoms in total. The van der Waals surface area contributed by atoms with E-state index in [-0.39, 0.29) is 0 Å². The van der Waals surface area contributed by atoms with Crippen LogP contribution in [0.3, 0.4) is 0 Å². The van der Waals surface area contributed by atoms with E-state index in [1.165, 1.54) is 45.6 Å². The Kier molecular flexibility index (Phi) is 5.55. The van der Waals surface area contributed by atoms with Gasteiger partial charge in [-0.3, -0.25) is 0 Å². The maximum Gasteiger partial charge on any atom is 0.0778 e. The van der Waals surface area contributed by atoms with E-state index in [1.54, 1.807) is 0 Å². The monoisotopic (exact) mass is 344 g/mol. The van der Waals surface area contributed by atoms with E-state index in [0.717, 1.165) is 0 Å². The fraction of sp³-hybridized carbons (Fsp3) is 0.250. The molecular formula is C24H28Si. The summed E-state index contributed by atoms with van der Waals surface area (Å²) >= 11 is 0. The topological polar surface area (TPSA) is 0 Å². The summed E-state index contributed by atoms with van der Waals surface area (Å²) in [5.74, 6) is 0. The highest BCUT2D eigenvalue weighted by molar-refractivity contribution is 6.85. The van der Waals surface area contributed by atoms with Gasteiger partial charge in [-0.2, -0.15) is 0 Å². The molecule has 0 aromatic heterocycles. The van der Waals surface area contributed by atoms with E-state index < -0.39 is 8.07 Å². The van der Waals surface area contributed by atoms with E-state index in [4.69, 9.17) is 0 Å². The molecule has 0 radical (unpaired) electrons. The maximum absolute atomic E-state index is 2.67. The van der Waals surface area contributed by atoms with Gasteiger partial charge in [0, 0.05) is 0 Å². The third-order valence-corrected chi connectivity index (χ3v) is 10.8. The van der Waals surface area contributed by atoms with Crippen molar-refractivity contribution in [2.24, 2.45) is 0 Å². The maximum atomic E-state index is 2.67. The SMILES string of the molecule is CC[Si](/C=C(\c1ccccc1)c1ccc2ccccc2c1)(CC)CC. The summed E-state index contributed by atoms with van der Waals surface area (Å²) in [6, 6.07) is 30.4. The van der Waals surface area contributed by atoms with Crippen LogP contribution in [0.4, 0.5) is 0 Å². The van der Waals surface area contributed by atoms with Gasteiger partial charge in [0.2, 0.25) is 0 Å². The quantitative estimate of drug-likeness (QED) is 0.411. The smallest absolute Gasteiger partial charge is 0.0778 e. The Morgan fingerprint density at radius 2 is 1.28 bits per heavy atom. The average Bonchev–Trinajstić information content (AvgIpc) is 2.70. The summed E-state index contributed by atoms with van der Waals surface area (Å²) in [7, 11) is -1.38. The molecule has 128 valence electrons. The van der Waals surface area contributed by atoms with Crippen molar-refractivity contribution in [1.82, 2.24) is 0 Å². The third-order valence-electron chi connectivity index (χ3n) is 5.71. The molecule has 3 rings (SSSR count). The van der Waals surface area contributed by atoms with Crippen molar-refractivity contribution in [1.29, 1.82) is 0 Å². The molecule has 0 aliphatic rings. The highest BCUT2D eigenvalue weighted by Crippen LogP contribution is 2.32. The molecule has 0 aliphatic heterocycles. The van der Waals surface area contributed by atoms with E-state index in [1.807, 2.05) is 0 Å². The lowest BCUT2D eigenvalue weighted by Crippen LogP contribution is -2.29. The van der Waals surface area contributed by atoms with Gasteiger partial charge in [-0.25, -0.2) is 0 Å². The largest absolute Gasteiger partial charge is 0.0859 e. The molecule has 0 amide bonds. The summed E-state index contributed by atoms with van der Waals surface area (Å²) in [4.78, 5) is 0. The van der Waals surface area contributed by atoms with Gasteiger partial charge in [-0.05, 0) is 33.5 Å². The summed E-state index contributed by atoms with van der Waals surface area (Å²) in [5.41, 5.74) is 6.78. The molecular weight excluding hydrogens is 316 g/mol. The van der Waals surface area contributed by atoms with Crippen molar-refractivity contribution in [3.63, 3.8) is 0 Å². The van der Waals surface area contributed by atoms with Crippen LogP contribution in [0.2, 0.25) is 18.1 Å². The zero-order valence-electron chi connectivity index (χ0n) is 15.6. The minimum absolute atomic E-state index is 1.31. The number of hydrogen-bond acceptors (Lipinski definition) is 0. The van der Waals surface area contributed by atoms with Gasteiger partial charge in [-0.15, -0.1) is 0 Å². The van der Waals surface area contributed by atoms with Gasteiger partial charge in [0.1, 0.15) is 0 Å². The summed E-state index contributed by atoms with van der Waals surface area (Å²) in [5, 5.41) is 2.63. The van der Waals surface area contributed by atoms with E-state index in [9.17, 15) is 0 Å². The Hall–Kier alpha value is -2.12. The zero-order valence-corrected chi connectivity index (χ0v) is 16.6. The zero-order chi connectivity index (χ0) is 17.7. The molecule has 1 heteroatoms. The molecule has 0 saturated carbocycles. The van der Waals surface area contributed by atoms with Crippen molar-refractivity contribution in [3.8, 4) is 0 Å². The lowest BCUT2D eigenvalue weighted by atomic mass is 9.97. The van der Waals surface area contributed by atoms with Crippen LogP contribution in [0.1, 0.15) is 31.9 Å². The predicted octanol–water partition coefficient (Wildman–Crippen LogP) is 7.32. The lowest BCUT2D eigenvalue weighted by Gasteiger charge is -2.26. The van der Waals surface area contributed by atoms with Crippen LogP contribution in [-0.4, -0.2) is 8.07 Å². The molecule has 0 N–H and O–H groups in total. The highest BCUT2D eigenvalue weighted by Gasteiger charge is 2.25. The second-order valence-electron chi connectivity index (χ2n) is 6.91. The minimum Gasteiger partial charge on any atom is -0.0859 e. The van der Waals surface area contributed by atoms with Crippen LogP contribution in [0.25, 0.3) is 16.3 Å². The first kappa shape index (κ1) is 17.7. The molecule has 0 bridgehead atoms. The van der Waals surface area contributed by atoms with Gasteiger partial charge in [0.25, 0.3) is 0 Å². The number of fused-ring (bicyclic) bond motifs is 1. The molecule has 0 fully saturated rings. The first-order chi connectivity index (χ1) is 12.2. The van der Waals surface area contributed by atoms with Gasteiger partial charge >= 0.3 is 0 Å². The summed E-state index contributed by atoms with van der Waals surface area (Å²) < 4.78 is 0. The standard InChI is InChI=1S/C24H28Si/c1-4-25(5-2,6-3)19-24(21-13-8-7-9-14-21)23-17-16-20-12-10-11-15-22(20)18-23/h7-19H,4-6H2,1-3H3/b24-19+. The molecule has 0 aliphatic carbocycles. The molecule has 0 spiro atoms. The Morgan fingerprint density at radius 1 is 0.680 bits per heavy atom. The van der Waals surface area contributed by atoms with Crippen LogP contribution < -0.4 is 0 Å². The average molecular weight is 345 g/mol. The Labute approximate surface area is 153 Å². The van der Waals surface area contributed by atoms with E-state index in [0.29, 0.717) is 0 Å². The second-order valence-corrected chi connectivity index (χ2v) is 12.0. The molecule has 0 saturated heterocycles. The van der Waals surface area contributed by atoms with Crippen LogP contribution >= 0.6 is 0 Å². The van der Waals surface area contributed by atoms with Gasteiger partial charge in [-0.1, -0.05) is 111 Å². The fourth-order valence-electron chi connectivity index (χ4n) is 3.67. The lowest BCUT2D eigenvalue weighted by molar-refractivity contribution is 1.19. The molecule has 25 heavy (non-hydrogen) atoms. The summed E-state index contributed by atoms with van der Waals surface area (Å²) in [6.45, 7) is 7.12. The van der Waals surface area contributed by atoms with Crippen molar-refractivity contribution in [2.45, 2.75) is 38.9 Å². The first-order valence-electron chi connectivity index (χ1n) is 9.49. The first-order valence-corrected chi connectivity index (χ1v) is 12.2. The Morgan fingerprint density at radius 3 is 1.92 bits per heavy atom. The van der Waals surface area contributed by atoms with Crippen molar-refractivity contribution >= 4 is 24.4 Å². The van der Waals surface area contributed by atoms with Crippen LogP contribution in [0.15, 0.2) is 78.5 Å². The number of benzene rings is 3. The van der Waals surface area contributed by atoms with Crippen molar-refractivity contribution in [3.05, 3.63) is 89.6 Å². The normalized spacial score (nSPS) is 12.5. The van der Waals surface area contributed by atoms with Gasteiger partial charge in [0.15, 0.2) is 0 Å². The molecule has 0 atom stereocenters. The minimum atomic E-state index is -1.38. The van der Waals surface area contributed by atoms with Crippen LogP contribution in [-0.2, 0) is 0 Å². The third kappa shape index (κ3) is 3.77. The second kappa shape index (κ2) is 7.84. The highest BCUT2D eigenvalue weighted by atomic mass is 28.3. The molecule has 0 heterocycles. The fourth-order valence-corrected chi connectivity index (χ4v) is 6.73. The molecule has 0 unspecified atom stereocenters.